The van der Waals surface area contributed by atoms with E-state index in [0.717, 1.165) is 30.2 Å². The summed E-state index contributed by atoms with van der Waals surface area (Å²) in [7, 11) is 0. The second-order valence-electron chi connectivity index (χ2n) is 6.40. The van der Waals surface area contributed by atoms with Gasteiger partial charge in [-0.1, -0.05) is 38.2 Å². The number of aryl methyl sites for hydroxylation is 3. The molecule has 1 aliphatic rings. The van der Waals surface area contributed by atoms with Crippen molar-refractivity contribution >= 4 is 22.6 Å². The van der Waals surface area contributed by atoms with Gasteiger partial charge in [-0.2, -0.15) is 0 Å². The monoisotopic (exact) mass is 304 g/mol. The van der Waals surface area contributed by atoms with Crippen molar-refractivity contribution in [3.05, 3.63) is 29.6 Å². The lowest BCUT2D eigenvalue weighted by Crippen LogP contribution is -2.12. The number of rotatable bonds is 5. The van der Waals surface area contributed by atoms with Gasteiger partial charge in [0.25, 0.3) is 0 Å². The van der Waals surface area contributed by atoms with Crippen LogP contribution in [0.15, 0.2) is 18.2 Å². The summed E-state index contributed by atoms with van der Waals surface area (Å²) in [5, 5.41) is 0. The highest BCUT2D eigenvalue weighted by molar-refractivity contribution is 6.17. The number of hydrogen-bond acceptors (Lipinski definition) is 1. The van der Waals surface area contributed by atoms with Crippen LogP contribution in [0, 0.1) is 12.8 Å². The van der Waals surface area contributed by atoms with Crippen molar-refractivity contribution < 1.29 is 0 Å². The Labute approximate surface area is 132 Å². The molecule has 1 aliphatic carbocycles. The normalized spacial score (nSPS) is 16.7. The highest BCUT2D eigenvalue weighted by Crippen LogP contribution is 2.28. The van der Waals surface area contributed by atoms with Crippen molar-refractivity contribution in [2.45, 2.75) is 58.4 Å². The summed E-state index contributed by atoms with van der Waals surface area (Å²) in [6, 6.07) is 6.59. The fourth-order valence-electron chi connectivity index (χ4n) is 3.60. The van der Waals surface area contributed by atoms with Crippen LogP contribution in [0.1, 0.15) is 49.9 Å². The molecule has 1 saturated carbocycles. The van der Waals surface area contributed by atoms with Crippen LogP contribution in [-0.4, -0.2) is 15.4 Å². The van der Waals surface area contributed by atoms with Crippen molar-refractivity contribution in [2.24, 2.45) is 5.92 Å². The van der Waals surface area contributed by atoms with Crippen molar-refractivity contribution in [3.8, 4) is 0 Å². The van der Waals surface area contributed by atoms with E-state index in [2.05, 4.69) is 29.7 Å². The molecule has 0 saturated heterocycles. The van der Waals surface area contributed by atoms with E-state index in [0.29, 0.717) is 5.88 Å². The van der Waals surface area contributed by atoms with Crippen molar-refractivity contribution in [1.29, 1.82) is 0 Å². The maximum absolute atomic E-state index is 5.96. The van der Waals surface area contributed by atoms with Gasteiger partial charge in [-0.3, -0.25) is 0 Å². The molecule has 1 fully saturated rings. The quantitative estimate of drug-likeness (QED) is 0.703. The number of hydrogen-bond donors (Lipinski definition) is 0. The van der Waals surface area contributed by atoms with Crippen LogP contribution in [0.2, 0.25) is 0 Å². The van der Waals surface area contributed by atoms with Crippen LogP contribution >= 0.6 is 11.6 Å². The summed E-state index contributed by atoms with van der Waals surface area (Å²) in [4.78, 5) is 4.81. The van der Waals surface area contributed by atoms with E-state index in [1.54, 1.807) is 0 Å². The highest BCUT2D eigenvalue weighted by atomic mass is 35.5. The molecule has 2 aromatic rings. The molecule has 0 aliphatic heterocycles. The van der Waals surface area contributed by atoms with Gasteiger partial charge >= 0.3 is 0 Å². The fraction of sp³-hybridized carbons (Fsp3) is 0.611. The SMILES string of the molecule is Cc1ccc2c(c1)nc(CCCl)n2CCC1CCCCC1. The number of imidazole rings is 1. The summed E-state index contributed by atoms with van der Waals surface area (Å²) < 4.78 is 2.41. The van der Waals surface area contributed by atoms with Gasteiger partial charge in [-0.15, -0.1) is 11.6 Å². The van der Waals surface area contributed by atoms with E-state index >= 15 is 0 Å². The summed E-state index contributed by atoms with van der Waals surface area (Å²) in [6.07, 6.45) is 9.25. The fourth-order valence-corrected chi connectivity index (χ4v) is 3.77. The average Bonchev–Trinajstić information content (AvgIpc) is 2.83. The number of halogens is 1. The summed E-state index contributed by atoms with van der Waals surface area (Å²) >= 11 is 5.96. The molecule has 0 spiro atoms. The molecule has 3 rings (SSSR count). The van der Waals surface area contributed by atoms with Gasteiger partial charge in [0.2, 0.25) is 0 Å². The Morgan fingerprint density at radius 2 is 2.05 bits per heavy atom. The molecular formula is C18H25ClN2. The van der Waals surface area contributed by atoms with Crippen LogP contribution in [0.5, 0.6) is 0 Å². The first-order valence-electron chi connectivity index (χ1n) is 8.29. The molecule has 0 amide bonds. The summed E-state index contributed by atoms with van der Waals surface area (Å²) in [5.41, 5.74) is 3.67. The Balaban J connectivity index is 1.82. The Hall–Kier alpha value is -1.02. The number of benzene rings is 1. The lowest BCUT2D eigenvalue weighted by Gasteiger charge is -2.22. The molecule has 3 heteroatoms. The maximum Gasteiger partial charge on any atom is 0.111 e. The minimum absolute atomic E-state index is 0.645. The second kappa shape index (κ2) is 6.83. The maximum atomic E-state index is 5.96. The molecule has 0 N–H and O–H groups in total. The van der Waals surface area contributed by atoms with E-state index in [1.807, 2.05) is 0 Å². The molecule has 1 aromatic carbocycles. The van der Waals surface area contributed by atoms with Gasteiger partial charge in [-0.05, 0) is 37.0 Å². The molecule has 0 atom stereocenters. The minimum atomic E-state index is 0.645. The van der Waals surface area contributed by atoms with Gasteiger partial charge < -0.3 is 4.57 Å². The highest BCUT2D eigenvalue weighted by Gasteiger charge is 2.16. The van der Waals surface area contributed by atoms with Gasteiger partial charge in [0.05, 0.1) is 11.0 Å². The smallest absolute Gasteiger partial charge is 0.111 e. The Bertz CT molecular complexity index is 597. The first kappa shape index (κ1) is 14.9. The van der Waals surface area contributed by atoms with Gasteiger partial charge in [0.15, 0.2) is 0 Å². The van der Waals surface area contributed by atoms with E-state index in [1.165, 1.54) is 49.6 Å². The summed E-state index contributed by atoms with van der Waals surface area (Å²) in [5.74, 6) is 2.71. The molecule has 1 aromatic heterocycles. The van der Waals surface area contributed by atoms with E-state index in [9.17, 15) is 0 Å². The zero-order valence-electron chi connectivity index (χ0n) is 12.9. The lowest BCUT2D eigenvalue weighted by atomic mass is 9.87. The van der Waals surface area contributed by atoms with Crippen LogP contribution in [0.4, 0.5) is 0 Å². The predicted molar refractivity (Wildman–Crippen MR) is 90.1 cm³/mol. The first-order valence-corrected chi connectivity index (χ1v) is 8.83. The third kappa shape index (κ3) is 3.42. The van der Waals surface area contributed by atoms with E-state index in [4.69, 9.17) is 16.6 Å². The molecule has 2 nitrogen and oxygen atoms in total. The Morgan fingerprint density at radius 3 is 2.81 bits per heavy atom. The van der Waals surface area contributed by atoms with Crippen LogP contribution in [-0.2, 0) is 13.0 Å². The third-order valence-corrected chi connectivity index (χ3v) is 4.98. The van der Waals surface area contributed by atoms with E-state index in [-0.39, 0.29) is 0 Å². The van der Waals surface area contributed by atoms with Crippen LogP contribution in [0.25, 0.3) is 11.0 Å². The van der Waals surface area contributed by atoms with Crippen molar-refractivity contribution in [1.82, 2.24) is 9.55 Å². The molecule has 0 unspecified atom stereocenters. The molecular weight excluding hydrogens is 280 g/mol. The summed E-state index contributed by atoms with van der Waals surface area (Å²) in [6.45, 7) is 3.22. The number of aromatic nitrogens is 2. The van der Waals surface area contributed by atoms with Crippen LogP contribution < -0.4 is 0 Å². The first-order chi connectivity index (χ1) is 10.3. The standard InChI is InChI=1S/C18H25ClN2/c1-14-7-8-17-16(13-14)20-18(9-11-19)21(17)12-10-15-5-3-2-4-6-15/h7-8,13,15H,2-6,9-12H2,1H3. The molecule has 1 heterocycles. The molecule has 0 radical (unpaired) electrons. The van der Waals surface area contributed by atoms with Gasteiger partial charge in [0.1, 0.15) is 5.82 Å². The van der Waals surface area contributed by atoms with Gasteiger partial charge in [-0.25, -0.2) is 4.98 Å². The number of alkyl halides is 1. The van der Waals surface area contributed by atoms with Gasteiger partial charge in [0, 0.05) is 18.8 Å². The number of nitrogens with zero attached hydrogens (tertiary/aromatic N) is 2. The lowest BCUT2D eigenvalue weighted by molar-refractivity contribution is 0.324. The Kier molecular flexibility index (Phi) is 4.84. The van der Waals surface area contributed by atoms with Crippen molar-refractivity contribution in [3.63, 3.8) is 0 Å². The molecule has 21 heavy (non-hydrogen) atoms. The largest absolute Gasteiger partial charge is 0.328 e. The molecule has 114 valence electrons. The van der Waals surface area contributed by atoms with Crippen molar-refractivity contribution in [2.75, 3.05) is 5.88 Å². The Morgan fingerprint density at radius 1 is 1.24 bits per heavy atom. The zero-order valence-corrected chi connectivity index (χ0v) is 13.7. The van der Waals surface area contributed by atoms with Crippen LogP contribution in [0.3, 0.4) is 0 Å². The number of fused-ring (bicyclic) bond motifs is 1. The zero-order chi connectivity index (χ0) is 14.7. The third-order valence-electron chi connectivity index (χ3n) is 4.79. The minimum Gasteiger partial charge on any atom is -0.328 e. The second-order valence-corrected chi connectivity index (χ2v) is 6.78. The molecule has 0 bridgehead atoms. The topological polar surface area (TPSA) is 17.8 Å². The van der Waals surface area contributed by atoms with E-state index < -0.39 is 0 Å². The average molecular weight is 305 g/mol. The predicted octanol–water partition coefficient (Wildman–Crippen LogP) is 5.10.